The molecule has 0 unspecified atom stereocenters. The van der Waals surface area contributed by atoms with Crippen molar-refractivity contribution in [3.8, 4) is 0 Å². The number of carbonyl (C=O) groups excluding carboxylic acids is 1. The molecule has 2 aromatic rings. The summed E-state index contributed by atoms with van der Waals surface area (Å²) in [7, 11) is -2.15. The minimum atomic E-state index is -3.84. The van der Waals surface area contributed by atoms with Gasteiger partial charge in [-0.05, 0) is 24.4 Å². The van der Waals surface area contributed by atoms with Crippen LogP contribution in [0.1, 0.15) is 23.0 Å². The Morgan fingerprint density at radius 1 is 1.33 bits per heavy atom. The molecule has 2 heterocycles. The van der Waals surface area contributed by atoms with E-state index in [1.54, 1.807) is 18.6 Å². The molecule has 10 heteroatoms. The molecule has 1 amide bonds. The second-order valence-electron chi connectivity index (χ2n) is 5.13. The number of aryl methyl sites for hydroxylation is 1. The zero-order valence-corrected chi connectivity index (χ0v) is 15.2. The van der Waals surface area contributed by atoms with Crippen molar-refractivity contribution in [2.24, 2.45) is 7.05 Å². The summed E-state index contributed by atoms with van der Waals surface area (Å²) in [5, 5.41) is 11.4. The van der Waals surface area contributed by atoms with Gasteiger partial charge in [0.05, 0.1) is 11.9 Å². The molecule has 2 rings (SSSR count). The van der Waals surface area contributed by atoms with Gasteiger partial charge < -0.3 is 10.6 Å². The fourth-order valence-electron chi connectivity index (χ4n) is 2.01. The summed E-state index contributed by atoms with van der Waals surface area (Å²) < 4.78 is 28.9. The number of hydrogen-bond acceptors (Lipinski definition) is 6. The van der Waals surface area contributed by atoms with Gasteiger partial charge in [0.1, 0.15) is 9.77 Å². The van der Waals surface area contributed by atoms with Crippen molar-refractivity contribution in [2.45, 2.75) is 18.2 Å². The van der Waals surface area contributed by atoms with Crippen molar-refractivity contribution in [3.63, 3.8) is 0 Å². The third-order valence-electron chi connectivity index (χ3n) is 3.10. The van der Waals surface area contributed by atoms with Crippen LogP contribution in [0.2, 0.25) is 0 Å². The molecule has 0 saturated heterocycles. The average Bonchev–Trinajstić information content (AvgIpc) is 3.16. The van der Waals surface area contributed by atoms with Crippen molar-refractivity contribution in [2.75, 3.05) is 24.4 Å². The first-order valence-corrected chi connectivity index (χ1v) is 9.88. The van der Waals surface area contributed by atoms with E-state index in [0.717, 1.165) is 24.3 Å². The fraction of sp³-hybridized carbons (Fsp3) is 0.429. The Morgan fingerprint density at radius 3 is 2.79 bits per heavy atom. The molecular formula is C14H21N5O3S2. The molecule has 2 aromatic heterocycles. The highest BCUT2D eigenvalue weighted by atomic mass is 32.2. The first kappa shape index (κ1) is 18.4. The quantitative estimate of drug-likeness (QED) is 0.571. The van der Waals surface area contributed by atoms with Gasteiger partial charge in [-0.1, -0.05) is 6.92 Å². The zero-order chi connectivity index (χ0) is 17.6. The summed E-state index contributed by atoms with van der Waals surface area (Å²) in [5.74, 6) is -0.394. The van der Waals surface area contributed by atoms with Crippen LogP contribution in [-0.2, 0) is 17.1 Å². The lowest BCUT2D eigenvalue weighted by molar-refractivity contribution is 0.0955. The van der Waals surface area contributed by atoms with Crippen molar-refractivity contribution < 1.29 is 13.2 Å². The van der Waals surface area contributed by atoms with Gasteiger partial charge in [0.2, 0.25) is 0 Å². The largest absolute Gasteiger partial charge is 0.350 e. The molecule has 0 spiro atoms. The molecule has 0 aliphatic heterocycles. The number of nitrogens with zero attached hydrogens (tertiary/aromatic N) is 2. The SMILES string of the molecule is CCCNCCNC(=O)c1sccc1S(=O)(=O)Nc1cnn(C)c1. The Kier molecular flexibility index (Phi) is 6.35. The Labute approximate surface area is 145 Å². The molecule has 0 aromatic carbocycles. The summed E-state index contributed by atoms with van der Waals surface area (Å²) in [6.45, 7) is 4.01. The monoisotopic (exact) mass is 371 g/mol. The second kappa shape index (κ2) is 8.27. The number of hydrogen-bond donors (Lipinski definition) is 3. The van der Waals surface area contributed by atoms with Gasteiger partial charge in [-0.3, -0.25) is 14.2 Å². The molecule has 24 heavy (non-hydrogen) atoms. The van der Waals surface area contributed by atoms with Gasteiger partial charge in [-0.2, -0.15) is 5.10 Å². The number of aromatic nitrogens is 2. The van der Waals surface area contributed by atoms with Crippen LogP contribution >= 0.6 is 11.3 Å². The number of thiophene rings is 1. The highest BCUT2D eigenvalue weighted by Gasteiger charge is 2.24. The molecular weight excluding hydrogens is 350 g/mol. The lowest BCUT2D eigenvalue weighted by Crippen LogP contribution is -2.32. The number of anilines is 1. The summed E-state index contributed by atoms with van der Waals surface area (Å²) in [6.07, 6.45) is 3.97. The smallest absolute Gasteiger partial charge is 0.263 e. The first-order valence-electron chi connectivity index (χ1n) is 7.52. The molecule has 132 valence electrons. The van der Waals surface area contributed by atoms with Gasteiger partial charge in [0, 0.05) is 26.3 Å². The number of rotatable bonds is 9. The molecule has 8 nitrogen and oxygen atoms in total. The van der Waals surface area contributed by atoms with Crippen molar-refractivity contribution in [3.05, 3.63) is 28.7 Å². The van der Waals surface area contributed by atoms with Crippen LogP contribution in [-0.4, -0.2) is 43.7 Å². The third kappa shape index (κ3) is 4.79. The van der Waals surface area contributed by atoms with E-state index in [0.29, 0.717) is 18.8 Å². The molecule has 3 N–H and O–H groups in total. The summed E-state index contributed by atoms with van der Waals surface area (Å²) in [4.78, 5) is 12.4. The lowest BCUT2D eigenvalue weighted by Gasteiger charge is -2.08. The Bertz CT molecular complexity index is 782. The van der Waals surface area contributed by atoms with Gasteiger partial charge in [-0.15, -0.1) is 11.3 Å². The van der Waals surface area contributed by atoms with E-state index in [9.17, 15) is 13.2 Å². The van der Waals surface area contributed by atoms with E-state index in [1.165, 1.54) is 16.9 Å². The maximum absolute atomic E-state index is 12.5. The predicted molar refractivity (Wildman–Crippen MR) is 93.8 cm³/mol. The summed E-state index contributed by atoms with van der Waals surface area (Å²) >= 11 is 1.10. The zero-order valence-electron chi connectivity index (χ0n) is 13.6. The van der Waals surface area contributed by atoms with Crippen LogP contribution in [0.25, 0.3) is 0 Å². The Morgan fingerprint density at radius 2 is 2.12 bits per heavy atom. The number of nitrogens with one attached hydrogen (secondary N) is 3. The highest BCUT2D eigenvalue weighted by molar-refractivity contribution is 7.93. The minimum Gasteiger partial charge on any atom is -0.350 e. The minimum absolute atomic E-state index is 0.0321. The number of amides is 1. The molecule has 0 saturated carbocycles. The number of carbonyl (C=O) groups is 1. The molecule has 0 aliphatic rings. The van der Waals surface area contributed by atoms with Crippen LogP contribution in [0.5, 0.6) is 0 Å². The predicted octanol–water partition coefficient (Wildman–Crippen LogP) is 1.01. The van der Waals surface area contributed by atoms with E-state index in [1.807, 2.05) is 0 Å². The first-order chi connectivity index (χ1) is 11.4. The van der Waals surface area contributed by atoms with Crippen molar-refractivity contribution >= 4 is 33.0 Å². The van der Waals surface area contributed by atoms with Crippen LogP contribution in [0.3, 0.4) is 0 Å². The third-order valence-corrected chi connectivity index (χ3v) is 5.56. The molecule has 0 fully saturated rings. The van der Waals surface area contributed by atoms with Crippen molar-refractivity contribution in [1.29, 1.82) is 0 Å². The standard InChI is InChI=1S/C14H21N5O3S2/c1-3-5-15-6-7-16-14(20)13-12(4-8-23-13)24(21,22)18-11-9-17-19(2)10-11/h4,8-10,15,18H,3,5-7H2,1-2H3,(H,16,20). The molecule has 0 radical (unpaired) electrons. The molecule has 0 atom stereocenters. The van der Waals surface area contributed by atoms with E-state index >= 15 is 0 Å². The van der Waals surface area contributed by atoms with Gasteiger partial charge >= 0.3 is 0 Å². The van der Waals surface area contributed by atoms with Crippen LogP contribution in [0.15, 0.2) is 28.7 Å². The Balaban J connectivity index is 2.04. The van der Waals surface area contributed by atoms with Crippen LogP contribution in [0.4, 0.5) is 5.69 Å². The van der Waals surface area contributed by atoms with E-state index < -0.39 is 15.9 Å². The fourth-order valence-corrected chi connectivity index (χ4v) is 4.38. The topological polar surface area (TPSA) is 105 Å². The van der Waals surface area contributed by atoms with Crippen LogP contribution in [0, 0.1) is 0 Å². The number of sulfonamides is 1. The average molecular weight is 371 g/mol. The van der Waals surface area contributed by atoms with E-state index in [4.69, 9.17) is 0 Å². The maximum Gasteiger partial charge on any atom is 0.263 e. The van der Waals surface area contributed by atoms with Gasteiger partial charge in [-0.25, -0.2) is 8.42 Å². The molecule has 0 aliphatic carbocycles. The van der Waals surface area contributed by atoms with Crippen molar-refractivity contribution in [1.82, 2.24) is 20.4 Å². The lowest BCUT2D eigenvalue weighted by atomic mass is 10.4. The normalized spacial score (nSPS) is 11.4. The Hall–Kier alpha value is -1.91. The van der Waals surface area contributed by atoms with E-state index in [-0.39, 0.29) is 9.77 Å². The summed E-state index contributed by atoms with van der Waals surface area (Å²) in [5.41, 5.74) is 0.346. The highest BCUT2D eigenvalue weighted by Crippen LogP contribution is 2.24. The second-order valence-corrected chi connectivity index (χ2v) is 7.69. The van der Waals surface area contributed by atoms with Gasteiger partial charge in [0.15, 0.2) is 0 Å². The summed E-state index contributed by atoms with van der Waals surface area (Å²) in [6, 6.07) is 1.42. The maximum atomic E-state index is 12.5. The van der Waals surface area contributed by atoms with E-state index in [2.05, 4.69) is 27.4 Å². The van der Waals surface area contributed by atoms with Gasteiger partial charge in [0.25, 0.3) is 15.9 Å². The molecule has 0 bridgehead atoms. The van der Waals surface area contributed by atoms with Crippen LogP contribution < -0.4 is 15.4 Å².